The van der Waals surface area contributed by atoms with E-state index in [1.807, 2.05) is 0 Å². The lowest BCUT2D eigenvalue weighted by Gasteiger charge is -2.08. The molecular weight excluding hydrogens is 271 g/mol. The lowest BCUT2D eigenvalue weighted by molar-refractivity contribution is 0.112. The van der Waals surface area contributed by atoms with Crippen LogP contribution in [0.5, 0.6) is 0 Å². The van der Waals surface area contributed by atoms with E-state index in [4.69, 9.17) is 0 Å². The summed E-state index contributed by atoms with van der Waals surface area (Å²) in [6.45, 7) is 0. The molecule has 0 aliphatic carbocycles. The van der Waals surface area contributed by atoms with Gasteiger partial charge in [-0.2, -0.15) is 0 Å². The smallest absolute Gasteiger partial charge is 0.179 e. The van der Waals surface area contributed by atoms with E-state index in [2.05, 4.69) is 0 Å². The van der Waals surface area contributed by atoms with Gasteiger partial charge in [0.1, 0.15) is 17.0 Å². The topological polar surface area (TPSA) is 85.3 Å². The van der Waals surface area contributed by atoms with Crippen LogP contribution in [0.25, 0.3) is 0 Å². The molecular formula is C9H9FO5S2. The van der Waals surface area contributed by atoms with Crippen LogP contribution in [-0.2, 0) is 19.7 Å². The second-order valence-electron chi connectivity index (χ2n) is 3.49. The number of sulfone groups is 2. The van der Waals surface area contributed by atoms with Gasteiger partial charge in [0.15, 0.2) is 19.7 Å². The van der Waals surface area contributed by atoms with Gasteiger partial charge in [-0.1, -0.05) is 0 Å². The molecule has 1 rings (SSSR count). The molecule has 0 amide bonds. The van der Waals surface area contributed by atoms with Crippen molar-refractivity contribution in [1.82, 2.24) is 0 Å². The van der Waals surface area contributed by atoms with Gasteiger partial charge >= 0.3 is 0 Å². The van der Waals surface area contributed by atoms with E-state index in [0.717, 1.165) is 12.3 Å². The van der Waals surface area contributed by atoms with Crippen molar-refractivity contribution < 1.29 is 26.0 Å². The number of aldehydes is 1. The maximum absolute atomic E-state index is 13.5. The largest absolute Gasteiger partial charge is 0.298 e. The maximum atomic E-state index is 13.5. The van der Waals surface area contributed by atoms with E-state index < -0.39 is 35.3 Å². The molecule has 0 heterocycles. The van der Waals surface area contributed by atoms with Crippen LogP contribution in [0.2, 0.25) is 0 Å². The van der Waals surface area contributed by atoms with E-state index in [9.17, 15) is 26.0 Å². The fourth-order valence-corrected chi connectivity index (χ4v) is 3.82. The summed E-state index contributed by atoms with van der Waals surface area (Å²) in [7, 11) is -7.99. The highest BCUT2D eigenvalue weighted by Crippen LogP contribution is 2.25. The Labute approximate surface area is 98.1 Å². The van der Waals surface area contributed by atoms with Crippen molar-refractivity contribution in [3.8, 4) is 0 Å². The molecule has 0 saturated heterocycles. The molecule has 1 aromatic rings. The summed E-state index contributed by atoms with van der Waals surface area (Å²) in [5, 5.41) is 0. The zero-order valence-corrected chi connectivity index (χ0v) is 10.6. The minimum absolute atomic E-state index is 0.240. The quantitative estimate of drug-likeness (QED) is 0.750. The molecule has 17 heavy (non-hydrogen) atoms. The zero-order valence-electron chi connectivity index (χ0n) is 8.97. The van der Waals surface area contributed by atoms with Crippen LogP contribution in [0.15, 0.2) is 21.9 Å². The number of hydrogen-bond acceptors (Lipinski definition) is 5. The summed E-state index contributed by atoms with van der Waals surface area (Å²) in [4.78, 5) is 8.87. The zero-order chi connectivity index (χ0) is 13.4. The fourth-order valence-electron chi connectivity index (χ4n) is 1.29. The summed E-state index contributed by atoms with van der Waals surface area (Å²) >= 11 is 0. The Morgan fingerprint density at radius 1 is 1.06 bits per heavy atom. The Balaban J connectivity index is 3.90. The van der Waals surface area contributed by atoms with Gasteiger partial charge in [0.2, 0.25) is 0 Å². The van der Waals surface area contributed by atoms with Crippen molar-refractivity contribution >= 4 is 26.0 Å². The van der Waals surface area contributed by atoms with Gasteiger partial charge in [-0.05, 0) is 12.1 Å². The first-order valence-corrected chi connectivity index (χ1v) is 8.04. The Hall–Kier alpha value is -1.28. The third-order valence-electron chi connectivity index (χ3n) is 1.94. The van der Waals surface area contributed by atoms with Crippen LogP contribution in [0.3, 0.4) is 0 Å². The lowest BCUT2D eigenvalue weighted by atomic mass is 10.2. The molecule has 1 aromatic carbocycles. The van der Waals surface area contributed by atoms with Crippen LogP contribution in [0.1, 0.15) is 10.4 Å². The number of hydrogen-bond donors (Lipinski definition) is 0. The highest BCUT2D eigenvalue weighted by atomic mass is 32.2. The predicted molar refractivity (Wildman–Crippen MR) is 58.0 cm³/mol. The standard InChI is InChI=1S/C9H9FO5S2/c1-16(12,13)8-4-6(5-11)3-7(10)9(8)17(2,14)15/h3-5H,1-2H3. The molecule has 94 valence electrons. The molecule has 0 saturated carbocycles. The van der Waals surface area contributed by atoms with Crippen LogP contribution in [0.4, 0.5) is 4.39 Å². The molecule has 0 aliphatic rings. The molecule has 0 atom stereocenters. The second kappa shape index (κ2) is 4.19. The van der Waals surface area contributed by atoms with Crippen molar-refractivity contribution in [2.75, 3.05) is 12.5 Å². The molecule has 0 aromatic heterocycles. The van der Waals surface area contributed by atoms with Crippen molar-refractivity contribution in [2.45, 2.75) is 9.79 Å². The fraction of sp³-hybridized carbons (Fsp3) is 0.222. The minimum atomic E-state index is -4.04. The van der Waals surface area contributed by atoms with E-state index in [1.165, 1.54) is 0 Å². The molecule has 0 aliphatic heterocycles. The van der Waals surface area contributed by atoms with E-state index in [1.54, 1.807) is 0 Å². The predicted octanol–water partition coefficient (Wildman–Crippen LogP) is 0.445. The average molecular weight is 280 g/mol. The molecule has 0 spiro atoms. The number of rotatable bonds is 3. The monoisotopic (exact) mass is 280 g/mol. The van der Waals surface area contributed by atoms with Gasteiger partial charge < -0.3 is 0 Å². The van der Waals surface area contributed by atoms with Gasteiger partial charge in [0, 0.05) is 18.1 Å². The minimum Gasteiger partial charge on any atom is -0.298 e. The lowest BCUT2D eigenvalue weighted by Crippen LogP contribution is -2.11. The SMILES string of the molecule is CS(=O)(=O)c1cc(C=O)cc(F)c1S(C)(=O)=O. The van der Waals surface area contributed by atoms with Crippen LogP contribution >= 0.6 is 0 Å². The van der Waals surface area contributed by atoms with Gasteiger partial charge in [-0.25, -0.2) is 21.2 Å². The highest BCUT2D eigenvalue weighted by Gasteiger charge is 2.25. The molecule has 5 nitrogen and oxygen atoms in total. The van der Waals surface area contributed by atoms with Crippen LogP contribution < -0.4 is 0 Å². The Bertz CT molecular complexity index is 674. The number of halogens is 1. The summed E-state index contributed by atoms with van der Waals surface area (Å²) in [5.74, 6) is -1.25. The van der Waals surface area contributed by atoms with Gasteiger partial charge in [0.25, 0.3) is 0 Å². The highest BCUT2D eigenvalue weighted by molar-refractivity contribution is 7.93. The molecule has 0 radical (unpaired) electrons. The maximum Gasteiger partial charge on any atom is 0.179 e. The first-order chi connectivity index (χ1) is 7.57. The first-order valence-electron chi connectivity index (χ1n) is 4.26. The third-order valence-corrected chi connectivity index (χ3v) is 4.34. The van der Waals surface area contributed by atoms with Gasteiger partial charge in [-0.3, -0.25) is 4.79 Å². The van der Waals surface area contributed by atoms with E-state index in [-0.39, 0.29) is 11.8 Å². The first kappa shape index (κ1) is 13.8. The Morgan fingerprint density at radius 3 is 1.94 bits per heavy atom. The molecule has 0 fully saturated rings. The Kier molecular flexibility index (Phi) is 3.40. The summed E-state index contributed by atoms with van der Waals surface area (Å²) in [6.07, 6.45) is 1.68. The molecule has 0 N–H and O–H groups in total. The second-order valence-corrected chi connectivity index (χ2v) is 7.43. The summed E-state index contributed by atoms with van der Waals surface area (Å²) in [5.41, 5.74) is -0.240. The van der Waals surface area contributed by atoms with Crippen LogP contribution in [0, 0.1) is 5.82 Å². The molecule has 0 bridgehead atoms. The molecule has 0 unspecified atom stereocenters. The summed E-state index contributed by atoms with van der Waals surface area (Å²) in [6, 6.07) is 1.51. The van der Waals surface area contributed by atoms with Gasteiger partial charge in [0.05, 0.1) is 4.90 Å². The van der Waals surface area contributed by atoms with Crippen molar-refractivity contribution in [2.24, 2.45) is 0 Å². The number of carbonyl (C=O) groups is 1. The van der Waals surface area contributed by atoms with Crippen molar-refractivity contribution in [3.63, 3.8) is 0 Å². The summed E-state index contributed by atoms with van der Waals surface area (Å²) < 4.78 is 58.9. The number of benzene rings is 1. The Morgan fingerprint density at radius 2 is 1.59 bits per heavy atom. The van der Waals surface area contributed by atoms with E-state index in [0.29, 0.717) is 12.3 Å². The molecule has 8 heteroatoms. The van der Waals surface area contributed by atoms with E-state index >= 15 is 0 Å². The average Bonchev–Trinajstić information content (AvgIpc) is 2.12. The van der Waals surface area contributed by atoms with Gasteiger partial charge in [-0.15, -0.1) is 0 Å². The third kappa shape index (κ3) is 2.89. The van der Waals surface area contributed by atoms with Crippen LogP contribution in [-0.4, -0.2) is 35.6 Å². The van der Waals surface area contributed by atoms with Crippen molar-refractivity contribution in [1.29, 1.82) is 0 Å². The normalized spacial score (nSPS) is 12.4. The number of carbonyl (C=O) groups excluding carboxylic acids is 1. The van der Waals surface area contributed by atoms with Crippen molar-refractivity contribution in [3.05, 3.63) is 23.5 Å².